The van der Waals surface area contributed by atoms with Gasteiger partial charge in [0.25, 0.3) is 5.91 Å². The number of hydrogen-bond donors (Lipinski definition) is 1. The molecule has 26 heavy (non-hydrogen) atoms. The van der Waals surface area contributed by atoms with Crippen LogP contribution in [0.25, 0.3) is 10.2 Å². The van der Waals surface area contributed by atoms with Crippen LogP contribution in [0, 0.1) is 18.3 Å². The Morgan fingerprint density at radius 1 is 1.38 bits per heavy atom. The topological polar surface area (TPSA) is 86.5 Å². The number of thiazole rings is 1. The number of para-hydroxylation sites is 1. The van der Waals surface area contributed by atoms with Crippen molar-refractivity contribution in [1.29, 1.82) is 5.26 Å². The number of hydrogen-bond acceptors (Lipinski definition) is 6. The molecule has 1 amide bonds. The first-order valence-corrected chi connectivity index (χ1v) is 8.91. The summed E-state index contributed by atoms with van der Waals surface area (Å²) in [7, 11) is 0. The van der Waals surface area contributed by atoms with Crippen molar-refractivity contribution < 1.29 is 14.7 Å². The number of anilines is 1. The molecule has 0 aliphatic heterocycles. The van der Waals surface area contributed by atoms with Gasteiger partial charge in [0.1, 0.15) is 11.8 Å². The van der Waals surface area contributed by atoms with Crippen LogP contribution in [0.3, 0.4) is 0 Å². The summed E-state index contributed by atoms with van der Waals surface area (Å²) in [6.07, 6.45) is -0.597. The van der Waals surface area contributed by atoms with E-state index in [0.29, 0.717) is 28.3 Å². The van der Waals surface area contributed by atoms with Crippen molar-refractivity contribution in [1.82, 2.24) is 4.98 Å². The van der Waals surface area contributed by atoms with Crippen LogP contribution < -0.4 is 9.80 Å². The number of carbonyl (C=O) groups excluding carboxylic acids is 1. The molecule has 1 unspecified atom stereocenters. The quantitative estimate of drug-likeness (QED) is 0.543. The summed E-state index contributed by atoms with van der Waals surface area (Å²) in [5, 5.41) is 20.3. The lowest BCUT2D eigenvalue weighted by Crippen LogP contribution is -2.40. The summed E-state index contributed by atoms with van der Waals surface area (Å²) in [4.78, 5) is 16.9. The number of hydroxylamine groups is 1. The van der Waals surface area contributed by atoms with Crippen molar-refractivity contribution in [3.05, 3.63) is 53.6 Å². The van der Waals surface area contributed by atoms with E-state index in [-0.39, 0.29) is 5.13 Å². The fourth-order valence-electron chi connectivity index (χ4n) is 2.46. The van der Waals surface area contributed by atoms with Gasteiger partial charge < -0.3 is 4.74 Å². The number of benzene rings is 2. The van der Waals surface area contributed by atoms with Crippen LogP contribution in [0.15, 0.2) is 42.5 Å². The number of ether oxygens (including phenoxy) is 1. The zero-order valence-corrected chi connectivity index (χ0v) is 15.2. The standard InChI is InChI=1S/C19H17N3O3S/c1-3-15(25-16-10-12(2)8-9-13(16)11-20)18(23)22(24)19-21-14-6-4-5-7-17(14)26-19/h4-10,15,24H,3H2,1-2H3. The number of nitriles is 1. The van der Waals surface area contributed by atoms with Crippen LogP contribution in [-0.4, -0.2) is 22.2 Å². The molecule has 3 rings (SSSR count). The second-order valence-corrected chi connectivity index (χ2v) is 6.75. The lowest BCUT2D eigenvalue weighted by atomic mass is 10.1. The molecule has 1 aromatic heterocycles. The fourth-order valence-corrected chi connectivity index (χ4v) is 3.34. The highest BCUT2D eigenvalue weighted by atomic mass is 32.1. The number of carbonyl (C=O) groups is 1. The Morgan fingerprint density at radius 2 is 2.15 bits per heavy atom. The highest BCUT2D eigenvalue weighted by Gasteiger charge is 2.28. The van der Waals surface area contributed by atoms with Gasteiger partial charge in [-0.3, -0.25) is 10.0 Å². The molecule has 132 valence electrons. The van der Waals surface area contributed by atoms with Crippen LogP contribution in [-0.2, 0) is 4.79 Å². The number of fused-ring (bicyclic) bond motifs is 1. The Balaban J connectivity index is 1.84. The van der Waals surface area contributed by atoms with Crippen LogP contribution in [0.2, 0.25) is 0 Å². The molecule has 6 nitrogen and oxygen atoms in total. The number of rotatable bonds is 5. The number of nitrogens with zero attached hydrogens (tertiary/aromatic N) is 3. The molecule has 0 bridgehead atoms. The monoisotopic (exact) mass is 367 g/mol. The summed E-state index contributed by atoms with van der Waals surface area (Å²) in [5.74, 6) is -0.303. The summed E-state index contributed by atoms with van der Waals surface area (Å²) in [6, 6.07) is 14.6. The van der Waals surface area contributed by atoms with E-state index in [1.54, 1.807) is 25.1 Å². The molecular formula is C19H17N3O3S. The average Bonchev–Trinajstić information content (AvgIpc) is 3.09. The third-order valence-electron chi connectivity index (χ3n) is 3.85. The molecule has 0 aliphatic rings. The molecule has 0 saturated heterocycles. The SMILES string of the molecule is CCC(Oc1cc(C)ccc1C#N)C(=O)N(O)c1nc2ccccc2s1. The molecule has 3 aromatic rings. The van der Waals surface area contributed by atoms with Crippen molar-refractivity contribution in [2.75, 3.05) is 5.06 Å². The van der Waals surface area contributed by atoms with Crippen molar-refractivity contribution in [3.8, 4) is 11.8 Å². The van der Waals surface area contributed by atoms with Gasteiger partial charge in [-0.1, -0.05) is 36.5 Å². The molecule has 2 aromatic carbocycles. The summed E-state index contributed by atoms with van der Waals surface area (Å²) < 4.78 is 6.62. The van der Waals surface area contributed by atoms with Gasteiger partial charge in [0.05, 0.1) is 15.8 Å². The smallest absolute Gasteiger partial charge is 0.293 e. The van der Waals surface area contributed by atoms with E-state index in [1.807, 2.05) is 37.3 Å². The minimum absolute atomic E-state index is 0.183. The van der Waals surface area contributed by atoms with Crippen LogP contribution in [0.5, 0.6) is 5.75 Å². The van der Waals surface area contributed by atoms with Crippen LogP contribution >= 0.6 is 11.3 Å². The van der Waals surface area contributed by atoms with Gasteiger partial charge in [0, 0.05) is 0 Å². The first-order valence-electron chi connectivity index (χ1n) is 8.09. The lowest BCUT2D eigenvalue weighted by molar-refractivity contribution is -0.130. The lowest BCUT2D eigenvalue weighted by Gasteiger charge is -2.21. The van der Waals surface area contributed by atoms with Gasteiger partial charge in [0.2, 0.25) is 5.13 Å². The van der Waals surface area contributed by atoms with E-state index >= 15 is 0 Å². The molecule has 0 spiro atoms. The Kier molecular flexibility index (Phi) is 5.16. The Morgan fingerprint density at radius 3 is 2.85 bits per heavy atom. The predicted octanol–water partition coefficient (Wildman–Crippen LogP) is 4.06. The van der Waals surface area contributed by atoms with Crippen molar-refractivity contribution in [3.63, 3.8) is 0 Å². The molecule has 0 fully saturated rings. The van der Waals surface area contributed by atoms with Gasteiger partial charge in [-0.25, -0.2) is 4.98 Å². The normalized spacial score (nSPS) is 11.8. The maximum atomic E-state index is 12.7. The number of aromatic nitrogens is 1. The minimum atomic E-state index is -0.930. The van der Waals surface area contributed by atoms with Gasteiger partial charge in [-0.15, -0.1) is 0 Å². The molecular weight excluding hydrogens is 350 g/mol. The largest absolute Gasteiger partial charge is 0.479 e. The summed E-state index contributed by atoms with van der Waals surface area (Å²) in [6.45, 7) is 3.65. The minimum Gasteiger partial charge on any atom is -0.479 e. The van der Waals surface area contributed by atoms with Gasteiger partial charge in [-0.05, 0) is 43.2 Å². The molecule has 0 saturated carbocycles. The van der Waals surface area contributed by atoms with E-state index in [1.165, 1.54) is 11.3 Å². The van der Waals surface area contributed by atoms with Gasteiger partial charge >= 0.3 is 0 Å². The molecule has 0 aliphatic carbocycles. The first kappa shape index (κ1) is 17.9. The summed E-state index contributed by atoms with van der Waals surface area (Å²) >= 11 is 1.21. The Bertz CT molecular complexity index is 960. The highest BCUT2D eigenvalue weighted by Crippen LogP contribution is 2.29. The number of amides is 1. The van der Waals surface area contributed by atoms with Crippen LogP contribution in [0.4, 0.5) is 5.13 Å². The highest BCUT2D eigenvalue weighted by molar-refractivity contribution is 7.22. The zero-order valence-electron chi connectivity index (χ0n) is 14.3. The fraction of sp³-hybridized carbons (Fsp3) is 0.211. The maximum Gasteiger partial charge on any atom is 0.293 e. The second kappa shape index (κ2) is 7.52. The maximum absolute atomic E-state index is 12.7. The molecule has 1 N–H and O–H groups in total. The third kappa shape index (κ3) is 3.52. The van der Waals surface area contributed by atoms with Gasteiger partial charge in [0.15, 0.2) is 6.10 Å². The van der Waals surface area contributed by atoms with E-state index in [0.717, 1.165) is 10.3 Å². The van der Waals surface area contributed by atoms with E-state index in [2.05, 4.69) is 4.98 Å². The molecule has 7 heteroatoms. The third-order valence-corrected chi connectivity index (χ3v) is 4.86. The van der Waals surface area contributed by atoms with Crippen molar-refractivity contribution in [2.24, 2.45) is 0 Å². The molecule has 1 heterocycles. The zero-order chi connectivity index (χ0) is 18.7. The average molecular weight is 367 g/mol. The Hall–Kier alpha value is -2.95. The second-order valence-electron chi connectivity index (χ2n) is 5.74. The summed E-state index contributed by atoms with van der Waals surface area (Å²) in [5.41, 5.74) is 1.96. The first-order chi connectivity index (χ1) is 12.5. The van der Waals surface area contributed by atoms with Crippen molar-refractivity contribution >= 4 is 32.6 Å². The van der Waals surface area contributed by atoms with E-state index in [9.17, 15) is 15.3 Å². The van der Waals surface area contributed by atoms with Crippen LogP contribution in [0.1, 0.15) is 24.5 Å². The van der Waals surface area contributed by atoms with E-state index < -0.39 is 12.0 Å². The molecule has 0 radical (unpaired) electrons. The predicted molar refractivity (Wildman–Crippen MR) is 99.5 cm³/mol. The van der Waals surface area contributed by atoms with E-state index in [4.69, 9.17) is 4.74 Å². The number of aryl methyl sites for hydroxylation is 1. The van der Waals surface area contributed by atoms with Gasteiger partial charge in [-0.2, -0.15) is 10.3 Å². The van der Waals surface area contributed by atoms with Crippen molar-refractivity contribution in [2.45, 2.75) is 26.4 Å². The molecule has 1 atom stereocenters. The Labute approximate surface area is 154 Å².